The quantitative estimate of drug-likeness (QED) is 0.740. The van der Waals surface area contributed by atoms with Crippen LogP contribution >= 0.6 is 11.8 Å². The molecule has 0 aromatic carbocycles. The van der Waals surface area contributed by atoms with Gasteiger partial charge in [0.1, 0.15) is 12.6 Å². The van der Waals surface area contributed by atoms with Crippen molar-refractivity contribution < 1.29 is 24.2 Å². The summed E-state index contributed by atoms with van der Waals surface area (Å²) in [6.45, 7) is 3.84. The van der Waals surface area contributed by atoms with E-state index in [0.717, 1.165) is 0 Å². The number of aliphatic carboxylic acids is 1. The first kappa shape index (κ1) is 15.6. The number of rotatable bonds is 5. The summed E-state index contributed by atoms with van der Waals surface area (Å²) in [6.07, 6.45) is 0. The minimum Gasteiger partial charge on any atom is -0.480 e. The molecule has 108 valence electrons. The highest BCUT2D eigenvalue weighted by Crippen LogP contribution is 2.22. The number of hydrogen-bond donors (Lipinski definition) is 1. The van der Waals surface area contributed by atoms with Crippen LogP contribution in [0.15, 0.2) is 0 Å². The summed E-state index contributed by atoms with van der Waals surface area (Å²) in [4.78, 5) is 37.2. The first-order valence-electron chi connectivity index (χ1n) is 6.02. The van der Waals surface area contributed by atoms with E-state index in [1.807, 2.05) is 0 Å². The molecule has 1 heterocycles. The number of hydrogen-bond acceptors (Lipinski definition) is 5. The molecule has 0 aliphatic carbocycles. The summed E-state index contributed by atoms with van der Waals surface area (Å²) in [5, 5.41) is 9.04. The number of carboxylic acid groups (broad SMARTS) is 1. The van der Waals surface area contributed by atoms with Crippen LogP contribution in [-0.2, 0) is 14.3 Å². The molecule has 1 rings (SSSR count). The SMILES string of the molecule is CCOC(=O)CN(CC)C(=O)N1CSC[C@H]1C(=O)O. The normalized spacial score (nSPS) is 18.2. The van der Waals surface area contributed by atoms with Gasteiger partial charge in [-0.2, -0.15) is 0 Å². The Kier molecular flexibility index (Phi) is 5.94. The third-order valence-corrected chi connectivity index (χ3v) is 3.70. The lowest BCUT2D eigenvalue weighted by Gasteiger charge is -2.28. The molecule has 0 radical (unpaired) electrons. The van der Waals surface area contributed by atoms with E-state index >= 15 is 0 Å². The summed E-state index contributed by atoms with van der Waals surface area (Å²) in [5.74, 6) is -0.811. The van der Waals surface area contributed by atoms with Gasteiger partial charge in [0.2, 0.25) is 0 Å². The maximum absolute atomic E-state index is 12.2. The minimum absolute atomic E-state index is 0.156. The Bertz CT molecular complexity index is 363. The van der Waals surface area contributed by atoms with Crippen molar-refractivity contribution in [3.63, 3.8) is 0 Å². The van der Waals surface area contributed by atoms with Gasteiger partial charge in [0, 0.05) is 12.3 Å². The molecule has 8 heteroatoms. The molecule has 19 heavy (non-hydrogen) atoms. The van der Waals surface area contributed by atoms with Crippen LogP contribution in [0.5, 0.6) is 0 Å². The molecule has 1 atom stereocenters. The highest BCUT2D eigenvalue weighted by Gasteiger charge is 2.36. The highest BCUT2D eigenvalue weighted by atomic mass is 32.2. The van der Waals surface area contributed by atoms with E-state index in [4.69, 9.17) is 9.84 Å². The second-order valence-corrected chi connectivity index (χ2v) is 4.93. The van der Waals surface area contributed by atoms with Crippen molar-refractivity contribution in [2.45, 2.75) is 19.9 Å². The van der Waals surface area contributed by atoms with Crippen LogP contribution in [0, 0.1) is 0 Å². The van der Waals surface area contributed by atoms with E-state index < -0.39 is 24.0 Å². The van der Waals surface area contributed by atoms with Gasteiger partial charge in [-0.05, 0) is 13.8 Å². The predicted molar refractivity (Wildman–Crippen MR) is 69.9 cm³/mol. The summed E-state index contributed by atoms with van der Waals surface area (Å²) < 4.78 is 4.79. The van der Waals surface area contributed by atoms with Gasteiger partial charge in [0.15, 0.2) is 0 Å². The Morgan fingerprint density at radius 3 is 2.63 bits per heavy atom. The van der Waals surface area contributed by atoms with Gasteiger partial charge in [-0.1, -0.05) is 0 Å². The van der Waals surface area contributed by atoms with E-state index in [9.17, 15) is 14.4 Å². The summed E-state index contributed by atoms with van der Waals surface area (Å²) in [7, 11) is 0. The van der Waals surface area contributed by atoms with E-state index in [2.05, 4.69) is 0 Å². The smallest absolute Gasteiger partial charge is 0.327 e. The van der Waals surface area contributed by atoms with Gasteiger partial charge >= 0.3 is 18.0 Å². The molecular formula is C11H18N2O5S. The Hall–Kier alpha value is -1.44. The molecule has 0 aromatic rings. The lowest BCUT2D eigenvalue weighted by atomic mass is 10.3. The van der Waals surface area contributed by atoms with Crippen molar-refractivity contribution in [2.75, 3.05) is 31.3 Å². The van der Waals surface area contributed by atoms with Crippen molar-refractivity contribution in [1.29, 1.82) is 0 Å². The fourth-order valence-corrected chi connectivity index (χ4v) is 2.83. The van der Waals surface area contributed by atoms with Crippen molar-refractivity contribution in [3.05, 3.63) is 0 Å². The van der Waals surface area contributed by atoms with Gasteiger partial charge in [-0.3, -0.25) is 4.79 Å². The van der Waals surface area contributed by atoms with Crippen LogP contribution in [0.25, 0.3) is 0 Å². The van der Waals surface area contributed by atoms with Gasteiger partial charge < -0.3 is 19.6 Å². The van der Waals surface area contributed by atoms with Gasteiger partial charge in [-0.15, -0.1) is 11.8 Å². The van der Waals surface area contributed by atoms with Crippen LogP contribution in [0.2, 0.25) is 0 Å². The Morgan fingerprint density at radius 2 is 2.11 bits per heavy atom. The number of amides is 2. The zero-order valence-electron chi connectivity index (χ0n) is 11.0. The second kappa shape index (κ2) is 7.22. The number of urea groups is 1. The lowest BCUT2D eigenvalue weighted by Crippen LogP contribution is -2.50. The molecule has 0 unspecified atom stereocenters. The molecule has 1 aliphatic heterocycles. The zero-order chi connectivity index (χ0) is 14.4. The van der Waals surface area contributed by atoms with E-state index in [1.54, 1.807) is 13.8 Å². The second-order valence-electron chi connectivity index (χ2n) is 3.93. The third kappa shape index (κ3) is 4.02. The Morgan fingerprint density at radius 1 is 1.42 bits per heavy atom. The van der Waals surface area contributed by atoms with Crippen LogP contribution in [0.4, 0.5) is 4.79 Å². The van der Waals surface area contributed by atoms with Gasteiger partial charge in [-0.25, -0.2) is 9.59 Å². The Labute approximate surface area is 115 Å². The number of carbonyl (C=O) groups is 3. The van der Waals surface area contributed by atoms with Crippen LogP contribution in [0.1, 0.15) is 13.8 Å². The number of thioether (sulfide) groups is 1. The summed E-state index contributed by atoms with van der Waals surface area (Å²) in [6, 6.07) is -1.26. The molecular weight excluding hydrogens is 272 g/mol. The maximum atomic E-state index is 12.2. The molecule has 2 amide bonds. The topological polar surface area (TPSA) is 87.2 Å². The molecule has 0 bridgehead atoms. The molecule has 1 fully saturated rings. The monoisotopic (exact) mass is 290 g/mol. The summed E-state index contributed by atoms with van der Waals surface area (Å²) >= 11 is 1.39. The van der Waals surface area contributed by atoms with Crippen LogP contribution in [-0.4, -0.2) is 70.2 Å². The maximum Gasteiger partial charge on any atom is 0.327 e. The first-order valence-corrected chi connectivity index (χ1v) is 7.18. The predicted octanol–water partition coefficient (Wildman–Crippen LogP) is 0.451. The lowest BCUT2D eigenvalue weighted by molar-refractivity contribution is -0.143. The molecule has 1 aliphatic rings. The molecule has 1 saturated heterocycles. The van der Waals surface area contributed by atoms with Gasteiger partial charge in [0.25, 0.3) is 0 Å². The number of esters is 1. The van der Waals surface area contributed by atoms with Crippen molar-refractivity contribution in [3.8, 4) is 0 Å². The zero-order valence-corrected chi connectivity index (χ0v) is 11.8. The number of nitrogens with zero attached hydrogens (tertiary/aromatic N) is 2. The molecule has 0 aromatic heterocycles. The Balaban J connectivity index is 2.67. The standard InChI is InChI=1S/C11H18N2O5S/c1-3-12(5-9(14)18-4-2)11(17)13-7-19-6-8(13)10(15)16/h8H,3-7H2,1-2H3,(H,15,16)/t8-/m0/s1. The van der Waals surface area contributed by atoms with Crippen LogP contribution < -0.4 is 0 Å². The third-order valence-electron chi connectivity index (χ3n) is 2.69. The van der Waals surface area contributed by atoms with Gasteiger partial charge in [0.05, 0.1) is 12.5 Å². The number of carboxylic acids is 1. The molecule has 1 N–H and O–H groups in total. The van der Waals surface area contributed by atoms with E-state index in [1.165, 1.54) is 21.6 Å². The largest absolute Gasteiger partial charge is 0.480 e. The summed E-state index contributed by atoms with van der Waals surface area (Å²) in [5.41, 5.74) is 0. The molecule has 0 spiro atoms. The fraction of sp³-hybridized carbons (Fsp3) is 0.727. The fourth-order valence-electron chi connectivity index (χ4n) is 1.69. The molecule has 7 nitrogen and oxygen atoms in total. The minimum atomic E-state index is -1.02. The highest BCUT2D eigenvalue weighted by molar-refractivity contribution is 7.99. The number of carbonyl (C=O) groups excluding carboxylic acids is 2. The number of likely N-dealkylation sites (N-methyl/N-ethyl adjacent to an activating group) is 1. The van der Waals surface area contributed by atoms with Crippen molar-refractivity contribution in [1.82, 2.24) is 9.80 Å². The van der Waals surface area contributed by atoms with Crippen LogP contribution in [0.3, 0.4) is 0 Å². The average Bonchev–Trinajstić information content (AvgIpc) is 2.84. The van der Waals surface area contributed by atoms with E-state index in [-0.39, 0.29) is 13.2 Å². The van der Waals surface area contributed by atoms with Crippen molar-refractivity contribution >= 4 is 29.7 Å². The average molecular weight is 290 g/mol. The first-order chi connectivity index (χ1) is 9.01. The molecule has 0 saturated carbocycles. The van der Waals surface area contributed by atoms with Crippen molar-refractivity contribution in [2.24, 2.45) is 0 Å². The number of ether oxygens (including phenoxy) is 1. The van der Waals surface area contributed by atoms with E-state index in [0.29, 0.717) is 18.2 Å².